The second-order valence-corrected chi connectivity index (χ2v) is 6.75. The van der Waals surface area contributed by atoms with Crippen LogP contribution < -0.4 is 5.56 Å². The summed E-state index contributed by atoms with van der Waals surface area (Å²) in [6.07, 6.45) is 7.38. The quantitative estimate of drug-likeness (QED) is 0.777. The maximum absolute atomic E-state index is 11.2. The number of H-pyrrole nitrogens is 1. The number of piperidine rings is 1. The largest absolute Gasteiger partial charge is 0.334 e. The van der Waals surface area contributed by atoms with Crippen molar-refractivity contribution in [2.45, 2.75) is 32.2 Å². The third kappa shape index (κ3) is 3.57. The van der Waals surface area contributed by atoms with Gasteiger partial charge in [-0.25, -0.2) is 0 Å². The Labute approximate surface area is 151 Å². The molecule has 0 aromatic carbocycles. The molecule has 7 nitrogen and oxygen atoms in total. The van der Waals surface area contributed by atoms with E-state index in [2.05, 4.69) is 38.0 Å². The standard InChI is InChI=1S/C19H21N5O2/c1-13-10-20-7-4-16(13)12-24-8-5-14(6-9-24)18-22-19(26-23-18)15-2-3-17(25)21-11-15/h2-4,7,10-11,14H,5-6,8-9,12H2,1H3,(H,21,25). The number of aryl methyl sites for hydroxylation is 1. The van der Waals surface area contributed by atoms with Crippen LogP contribution in [0.2, 0.25) is 0 Å². The Morgan fingerprint density at radius 1 is 1.27 bits per heavy atom. The SMILES string of the molecule is Cc1cnccc1CN1CCC(c2noc(-c3ccc(=O)[nH]c3)n2)CC1. The van der Waals surface area contributed by atoms with Crippen LogP contribution in [0, 0.1) is 6.92 Å². The smallest absolute Gasteiger partial charge is 0.259 e. The minimum Gasteiger partial charge on any atom is -0.334 e. The summed E-state index contributed by atoms with van der Waals surface area (Å²) < 4.78 is 5.38. The highest BCUT2D eigenvalue weighted by molar-refractivity contribution is 5.50. The lowest BCUT2D eigenvalue weighted by Crippen LogP contribution is -2.33. The Balaban J connectivity index is 1.38. The van der Waals surface area contributed by atoms with Crippen molar-refractivity contribution in [1.82, 2.24) is 25.0 Å². The molecule has 134 valence electrons. The lowest BCUT2D eigenvalue weighted by Gasteiger charge is -2.30. The molecule has 3 aromatic rings. The molecule has 7 heteroatoms. The highest BCUT2D eigenvalue weighted by Crippen LogP contribution is 2.28. The lowest BCUT2D eigenvalue weighted by atomic mass is 9.95. The molecule has 1 aliphatic rings. The number of aromatic nitrogens is 4. The number of likely N-dealkylation sites (tertiary alicyclic amines) is 1. The molecule has 0 radical (unpaired) electrons. The molecule has 0 saturated carbocycles. The van der Waals surface area contributed by atoms with Gasteiger partial charge in [-0.15, -0.1) is 0 Å². The molecule has 0 unspecified atom stereocenters. The van der Waals surface area contributed by atoms with E-state index in [1.807, 2.05) is 12.4 Å². The molecule has 3 aromatic heterocycles. The van der Waals surface area contributed by atoms with Gasteiger partial charge in [0.15, 0.2) is 5.82 Å². The van der Waals surface area contributed by atoms with Crippen molar-refractivity contribution >= 4 is 0 Å². The fourth-order valence-corrected chi connectivity index (χ4v) is 3.33. The Hall–Kier alpha value is -2.80. The average molecular weight is 351 g/mol. The molecule has 1 fully saturated rings. The van der Waals surface area contributed by atoms with Gasteiger partial charge in [-0.05, 0) is 56.1 Å². The van der Waals surface area contributed by atoms with E-state index in [1.54, 1.807) is 12.3 Å². The van der Waals surface area contributed by atoms with E-state index < -0.39 is 0 Å². The van der Waals surface area contributed by atoms with Crippen molar-refractivity contribution in [1.29, 1.82) is 0 Å². The Kier molecular flexibility index (Phi) is 4.62. The summed E-state index contributed by atoms with van der Waals surface area (Å²) in [4.78, 5) is 24.9. The average Bonchev–Trinajstić information content (AvgIpc) is 3.15. The highest BCUT2D eigenvalue weighted by Gasteiger charge is 2.25. The summed E-state index contributed by atoms with van der Waals surface area (Å²) in [5.41, 5.74) is 3.15. The number of pyridine rings is 2. The van der Waals surface area contributed by atoms with Crippen LogP contribution in [0.1, 0.15) is 35.7 Å². The summed E-state index contributed by atoms with van der Waals surface area (Å²) in [6.45, 7) is 5.08. The van der Waals surface area contributed by atoms with E-state index in [0.717, 1.165) is 43.9 Å². The van der Waals surface area contributed by atoms with Gasteiger partial charge < -0.3 is 9.51 Å². The van der Waals surface area contributed by atoms with E-state index in [9.17, 15) is 4.79 Å². The van der Waals surface area contributed by atoms with Gasteiger partial charge in [0.2, 0.25) is 5.56 Å². The molecule has 4 rings (SSSR count). The predicted octanol–water partition coefficient (Wildman–Crippen LogP) is 2.51. The number of hydrogen-bond donors (Lipinski definition) is 1. The molecule has 1 aliphatic heterocycles. The van der Waals surface area contributed by atoms with Gasteiger partial charge in [0.1, 0.15) is 0 Å². The third-order valence-electron chi connectivity index (χ3n) is 4.96. The molecule has 0 spiro atoms. The van der Waals surface area contributed by atoms with Gasteiger partial charge in [0.05, 0.1) is 5.56 Å². The van der Waals surface area contributed by atoms with Gasteiger partial charge in [-0.1, -0.05) is 5.16 Å². The van der Waals surface area contributed by atoms with Crippen molar-refractivity contribution in [3.8, 4) is 11.5 Å². The van der Waals surface area contributed by atoms with Crippen LogP contribution in [0.5, 0.6) is 0 Å². The Morgan fingerprint density at radius 3 is 2.85 bits per heavy atom. The summed E-state index contributed by atoms with van der Waals surface area (Å²) in [7, 11) is 0. The van der Waals surface area contributed by atoms with Gasteiger partial charge in [-0.2, -0.15) is 4.98 Å². The van der Waals surface area contributed by atoms with E-state index in [-0.39, 0.29) is 5.56 Å². The molecule has 26 heavy (non-hydrogen) atoms. The van der Waals surface area contributed by atoms with Crippen LogP contribution in [0.15, 0.2) is 46.1 Å². The molecular formula is C19H21N5O2. The summed E-state index contributed by atoms with van der Waals surface area (Å²) in [5.74, 6) is 1.52. The van der Waals surface area contributed by atoms with Crippen LogP contribution in [-0.4, -0.2) is 38.1 Å². The fourth-order valence-electron chi connectivity index (χ4n) is 3.33. The van der Waals surface area contributed by atoms with E-state index >= 15 is 0 Å². The summed E-state index contributed by atoms with van der Waals surface area (Å²) >= 11 is 0. The maximum Gasteiger partial charge on any atom is 0.259 e. The van der Waals surface area contributed by atoms with Crippen molar-refractivity contribution in [3.05, 3.63) is 64.1 Å². The van der Waals surface area contributed by atoms with Crippen molar-refractivity contribution in [3.63, 3.8) is 0 Å². The van der Waals surface area contributed by atoms with E-state index in [0.29, 0.717) is 11.8 Å². The first-order valence-electron chi connectivity index (χ1n) is 8.83. The van der Waals surface area contributed by atoms with Crippen LogP contribution in [0.4, 0.5) is 0 Å². The zero-order valence-electron chi connectivity index (χ0n) is 14.7. The van der Waals surface area contributed by atoms with Crippen molar-refractivity contribution in [2.24, 2.45) is 0 Å². The molecule has 1 N–H and O–H groups in total. The molecule has 4 heterocycles. The van der Waals surface area contributed by atoms with Gasteiger partial charge in [0, 0.05) is 37.1 Å². The lowest BCUT2D eigenvalue weighted by molar-refractivity contribution is 0.200. The highest BCUT2D eigenvalue weighted by atomic mass is 16.5. The zero-order valence-corrected chi connectivity index (χ0v) is 14.7. The van der Waals surface area contributed by atoms with Crippen LogP contribution in [-0.2, 0) is 6.54 Å². The molecule has 0 amide bonds. The number of rotatable bonds is 4. The van der Waals surface area contributed by atoms with Gasteiger partial charge in [-0.3, -0.25) is 14.7 Å². The number of aromatic amines is 1. The first-order valence-corrected chi connectivity index (χ1v) is 8.83. The first-order chi connectivity index (χ1) is 12.7. The van der Waals surface area contributed by atoms with Crippen LogP contribution >= 0.6 is 0 Å². The molecule has 1 saturated heterocycles. The zero-order chi connectivity index (χ0) is 17.9. The molecule has 0 bridgehead atoms. The predicted molar refractivity (Wildman–Crippen MR) is 96.6 cm³/mol. The van der Waals surface area contributed by atoms with Gasteiger partial charge in [0.25, 0.3) is 5.89 Å². The normalized spacial score (nSPS) is 16.0. The van der Waals surface area contributed by atoms with E-state index in [4.69, 9.17) is 4.52 Å². The molecular weight excluding hydrogens is 330 g/mol. The van der Waals surface area contributed by atoms with Crippen LogP contribution in [0.25, 0.3) is 11.5 Å². The van der Waals surface area contributed by atoms with E-state index in [1.165, 1.54) is 17.2 Å². The molecule has 0 aliphatic carbocycles. The second kappa shape index (κ2) is 7.21. The number of nitrogens with one attached hydrogen (secondary N) is 1. The first kappa shape index (κ1) is 16.7. The minimum atomic E-state index is -0.148. The van der Waals surface area contributed by atoms with Gasteiger partial charge >= 0.3 is 0 Å². The Bertz CT molecular complexity index is 920. The Morgan fingerprint density at radius 2 is 2.12 bits per heavy atom. The van der Waals surface area contributed by atoms with Crippen molar-refractivity contribution < 1.29 is 4.52 Å². The summed E-state index contributed by atoms with van der Waals surface area (Å²) in [6, 6.07) is 5.24. The maximum atomic E-state index is 11.2. The van der Waals surface area contributed by atoms with Crippen molar-refractivity contribution in [2.75, 3.05) is 13.1 Å². The minimum absolute atomic E-state index is 0.148. The monoisotopic (exact) mass is 351 g/mol. The number of nitrogens with zero attached hydrogens (tertiary/aromatic N) is 4. The second-order valence-electron chi connectivity index (χ2n) is 6.75. The summed E-state index contributed by atoms with van der Waals surface area (Å²) in [5, 5.41) is 4.16. The number of hydrogen-bond acceptors (Lipinski definition) is 6. The third-order valence-corrected chi connectivity index (χ3v) is 4.96. The topological polar surface area (TPSA) is 87.9 Å². The molecule has 0 atom stereocenters. The van der Waals surface area contributed by atoms with Crippen LogP contribution in [0.3, 0.4) is 0 Å². The fraction of sp³-hybridized carbons (Fsp3) is 0.368.